The Morgan fingerprint density at radius 2 is 1.79 bits per heavy atom. The van der Waals surface area contributed by atoms with Crippen LogP contribution in [0.4, 0.5) is 0 Å². The lowest BCUT2D eigenvalue weighted by Crippen LogP contribution is -2.50. The molecule has 0 bridgehead atoms. The van der Waals surface area contributed by atoms with Gasteiger partial charge in [0, 0.05) is 42.2 Å². The SMILES string of the molecule is Cc1cccc2sc(C(=O)N3CCN(C(=O)C4CC4)CC3)c(Cl)c12. The lowest BCUT2D eigenvalue weighted by molar-refractivity contribution is -0.134. The molecule has 1 saturated heterocycles. The highest BCUT2D eigenvalue weighted by molar-refractivity contribution is 7.21. The molecule has 2 heterocycles. The van der Waals surface area contributed by atoms with Crippen LogP contribution in [0.5, 0.6) is 0 Å². The number of hydrogen-bond acceptors (Lipinski definition) is 3. The summed E-state index contributed by atoms with van der Waals surface area (Å²) in [7, 11) is 0. The van der Waals surface area contributed by atoms with E-state index in [1.165, 1.54) is 11.3 Å². The Labute approximate surface area is 150 Å². The fourth-order valence-electron chi connectivity index (χ4n) is 3.28. The van der Waals surface area contributed by atoms with Crippen LogP contribution in [0, 0.1) is 12.8 Å². The van der Waals surface area contributed by atoms with E-state index in [1.807, 2.05) is 34.9 Å². The summed E-state index contributed by atoms with van der Waals surface area (Å²) < 4.78 is 1.05. The molecule has 0 spiro atoms. The van der Waals surface area contributed by atoms with E-state index in [1.54, 1.807) is 0 Å². The van der Waals surface area contributed by atoms with Gasteiger partial charge in [0.15, 0.2) is 0 Å². The minimum atomic E-state index is -0.0147. The molecule has 1 aliphatic carbocycles. The topological polar surface area (TPSA) is 40.6 Å². The number of carbonyl (C=O) groups is 2. The van der Waals surface area contributed by atoms with Gasteiger partial charge in [-0.2, -0.15) is 0 Å². The standard InChI is InChI=1S/C18H19ClN2O2S/c1-11-3-2-4-13-14(11)15(19)16(24-13)18(23)21-9-7-20(8-10-21)17(22)12-5-6-12/h2-4,12H,5-10H2,1H3. The lowest BCUT2D eigenvalue weighted by Gasteiger charge is -2.34. The number of hydrogen-bond donors (Lipinski definition) is 0. The molecule has 24 heavy (non-hydrogen) atoms. The summed E-state index contributed by atoms with van der Waals surface area (Å²) in [5.74, 6) is 0.490. The quantitative estimate of drug-likeness (QED) is 0.819. The van der Waals surface area contributed by atoms with Gasteiger partial charge in [-0.25, -0.2) is 0 Å². The molecule has 2 fully saturated rings. The van der Waals surface area contributed by atoms with Crippen LogP contribution >= 0.6 is 22.9 Å². The van der Waals surface area contributed by atoms with Crippen molar-refractivity contribution in [3.63, 3.8) is 0 Å². The normalized spacial score (nSPS) is 18.2. The molecule has 0 radical (unpaired) electrons. The number of benzene rings is 1. The highest BCUT2D eigenvalue weighted by atomic mass is 35.5. The third-order valence-corrected chi connectivity index (χ3v) is 6.50. The number of rotatable bonds is 2. The Morgan fingerprint density at radius 1 is 1.12 bits per heavy atom. The monoisotopic (exact) mass is 362 g/mol. The van der Waals surface area contributed by atoms with E-state index in [-0.39, 0.29) is 17.7 Å². The predicted octanol–water partition coefficient (Wildman–Crippen LogP) is 3.56. The van der Waals surface area contributed by atoms with Crippen LogP contribution in [-0.2, 0) is 4.79 Å². The molecule has 1 aliphatic heterocycles. The summed E-state index contributed by atoms with van der Waals surface area (Å²) in [4.78, 5) is 29.3. The minimum Gasteiger partial charge on any atom is -0.339 e. The molecule has 4 nitrogen and oxygen atoms in total. The number of amides is 2. The van der Waals surface area contributed by atoms with Crippen LogP contribution in [0.3, 0.4) is 0 Å². The molecule has 2 aliphatic rings. The highest BCUT2D eigenvalue weighted by Crippen LogP contribution is 2.38. The molecule has 126 valence electrons. The summed E-state index contributed by atoms with van der Waals surface area (Å²) in [6.45, 7) is 4.43. The Balaban J connectivity index is 1.51. The number of nitrogens with zero attached hydrogens (tertiary/aromatic N) is 2. The molecule has 0 atom stereocenters. The zero-order chi connectivity index (χ0) is 16.8. The molecule has 1 aromatic carbocycles. The van der Waals surface area contributed by atoms with Crippen molar-refractivity contribution in [3.05, 3.63) is 33.7 Å². The molecule has 1 saturated carbocycles. The van der Waals surface area contributed by atoms with Crippen molar-refractivity contribution in [2.45, 2.75) is 19.8 Å². The minimum absolute atomic E-state index is 0.0147. The molecule has 4 rings (SSSR count). The summed E-state index contributed by atoms with van der Waals surface area (Å²) in [6, 6.07) is 6.00. The predicted molar refractivity (Wildman–Crippen MR) is 96.8 cm³/mol. The maximum absolute atomic E-state index is 12.9. The largest absolute Gasteiger partial charge is 0.339 e. The van der Waals surface area contributed by atoms with E-state index in [0.717, 1.165) is 28.5 Å². The van der Waals surface area contributed by atoms with Crippen molar-refractivity contribution in [1.82, 2.24) is 9.80 Å². The van der Waals surface area contributed by atoms with Crippen LogP contribution in [-0.4, -0.2) is 47.8 Å². The number of piperazine rings is 1. The van der Waals surface area contributed by atoms with E-state index >= 15 is 0 Å². The van der Waals surface area contributed by atoms with Gasteiger partial charge in [0.1, 0.15) is 4.88 Å². The Hall–Kier alpha value is -1.59. The lowest BCUT2D eigenvalue weighted by atomic mass is 10.1. The van der Waals surface area contributed by atoms with Gasteiger partial charge in [0.05, 0.1) is 5.02 Å². The van der Waals surface area contributed by atoms with Crippen molar-refractivity contribution < 1.29 is 9.59 Å². The second kappa shape index (κ2) is 6.05. The molecule has 1 aromatic heterocycles. The van der Waals surface area contributed by atoms with Crippen molar-refractivity contribution in [2.75, 3.05) is 26.2 Å². The van der Waals surface area contributed by atoms with E-state index in [4.69, 9.17) is 11.6 Å². The second-order valence-corrected chi connectivity index (χ2v) is 8.02. The van der Waals surface area contributed by atoms with Gasteiger partial charge < -0.3 is 9.80 Å². The van der Waals surface area contributed by atoms with Crippen molar-refractivity contribution in [2.24, 2.45) is 5.92 Å². The number of thiophene rings is 1. The summed E-state index contributed by atoms with van der Waals surface area (Å²) >= 11 is 7.96. The van der Waals surface area contributed by atoms with Crippen LogP contribution < -0.4 is 0 Å². The summed E-state index contributed by atoms with van der Waals surface area (Å²) in [6.07, 6.45) is 2.05. The van der Waals surface area contributed by atoms with E-state index < -0.39 is 0 Å². The first-order chi connectivity index (χ1) is 11.6. The van der Waals surface area contributed by atoms with E-state index in [9.17, 15) is 9.59 Å². The summed E-state index contributed by atoms with van der Waals surface area (Å²) in [5.41, 5.74) is 1.09. The Kier molecular flexibility index (Phi) is 4.01. The fraction of sp³-hybridized carbons (Fsp3) is 0.444. The van der Waals surface area contributed by atoms with Gasteiger partial charge in [0.2, 0.25) is 5.91 Å². The molecule has 2 amide bonds. The summed E-state index contributed by atoms with van der Waals surface area (Å²) in [5, 5.41) is 1.55. The first kappa shape index (κ1) is 15.9. The molecular formula is C18H19ClN2O2S. The third-order valence-electron chi connectivity index (χ3n) is 4.86. The van der Waals surface area contributed by atoms with Gasteiger partial charge in [0.25, 0.3) is 5.91 Å². The Morgan fingerprint density at radius 3 is 2.42 bits per heavy atom. The van der Waals surface area contributed by atoms with Gasteiger partial charge in [-0.3, -0.25) is 9.59 Å². The molecule has 0 unspecified atom stereocenters. The maximum atomic E-state index is 12.9. The first-order valence-electron chi connectivity index (χ1n) is 8.32. The molecule has 0 N–H and O–H groups in total. The molecule has 2 aromatic rings. The van der Waals surface area contributed by atoms with Crippen LogP contribution in [0.1, 0.15) is 28.1 Å². The Bertz CT molecular complexity index is 820. The average molecular weight is 363 g/mol. The van der Waals surface area contributed by atoms with Gasteiger partial charge in [-0.1, -0.05) is 23.7 Å². The zero-order valence-corrected chi connectivity index (χ0v) is 15.1. The van der Waals surface area contributed by atoms with Crippen LogP contribution in [0.2, 0.25) is 5.02 Å². The van der Waals surface area contributed by atoms with Crippen molar-refractivity contribution in [1.29, 1.82) is 0 Å². The van der Waals surface area contributed by atoms with Gasteiger partial charge >= 0.3 is 0 Å². The second-order valence-electron chi connectivity index (χ2n) is 6.58. The highest BCUT2D eigenvalue weighted by Gasteiger charge is 2.35. The van der Waals surface area contributed by atoms with Crippen molar-refractivity contribution >= 4 is 44.8 Å². The van der Waals surface area contributed by atoms with Gasteiger partial charge in [-0.15, -0.1) is 11.3 Å². The fourth-order valence-corrected chi connectivity index (χ4v) is 4.92. The smallest absolute Gasteiger partial charge is 0.265 e. The number of aryl methyl sites for hydroxylation is 1. The van der Waals surface area contributed by atoms with Crippen LogP contribution in [0.25, 0.3) is 10.1 Å². The molecule has 6 heteroatoms. The number of halogens is 1. The zero-order valence-electron chi connectivity index (χ0n) is 13.5. The number of fused-ring (bicyclic) bond motifs is 1. The maximum Gasteiger partial charge on any atom is 0.265 e. The third kappa shape index (κ3) is 2.70. The first-order valence-corrected chi connectivity index (χ1v) is 9.51. The number of carbonyl (C=O) groups excluding carboxylic acids is 2. The van der Waals surface area contributed by atoms with Gasteiger partial charge in [-0.05, 0) is 31.4 Å². The van der Waals surface area contributed by atoms with Crippen molar-refractivity contribution in [3.8, 4) is 0 Å². The average Bonchev–Trinajstić information content (AvgIpc) is 3.38. The van der Waals surface area contributed by atoms with Crippen LogP contribution in [0.15, 0.2) is 18.2 Å². The molecular weight excluding hydrogens is 344 g/mol. The van der Waals surface area contributed by atoms with E-state index in [2.05, 4.69) is 0 Å². The van der Waals surface area contributed by atoms with E-state index in [0.29, 0.717) is 36.1 Å².